The van der Waals surface area contributed by atoms with Gasteiger partial charge in [0.1, 0.15) is 18.2 Å². The first-order valence-electron chi connectivity index (χ1n) is 6.51. The van der Waals surface area contributed by atoms with Crippen LogP contribution in [0.15, 0.2) is 42.5 Å². The molecule has 0 aliphatic heterocycles. The lowest BCUT2D eigenvalue weighted by Crippen LogP contribution is -2.14. The molecule has 0 saturated heterocycles. The van der Waals surface area contributed by atoms with Crippen molar-refractivity contribution in [3.05, 3.63) is 65.0 Å². The molecule has 104 valence electrons. The van der Waals surface area contributed by atoms with Crippen LogP contribution in [0, 0.1) is 19.7 Å². The number of aryl methyl sites for hydroxylation is 2. The van der Waals surface area contributed by atoms with Crippen LogP contribution in [-0.4, -0.2) is 12.4 Å². The molecule has 0 unspecified atom stereocenters. The molecule has 2 nitrogen and oxygen atoms in total. The normalized spacial score (nSPS) is 10.3. The Morgan fingerprint density at radius 3 is 2.55 bits per heavy atom. The van der Waals surface area contributed by atoms with E-state index < -0.39 is 0 Å². The highest BCUT2D eigenvalue weighted by Crippen LogP contribution is 2.16. The molecule has 2 rings (SSSR count). The molecule has 0 radical (unpaired) electrons. The number of carbonyl (C=O) groups is 1. The third kappa shape index (κ3) is 3.67. The van der Waals surface area contributed by atoms with Crippen LogP contribution in [0.5, 0.6) is 5.75 Å². The van der Waals surface area contributed by atoms with Crippen molar-refractivity contribution in [3.8, 4) is 5.75 Å². The van der Waals surface area contributed by atoms with Crippen LogP contribution in [0.25, 0.3) is 0 Å². The van der Waals surface area contributed by atoms with E-state index in [1.165, 1.54) is 11.6 Å². The molecule has 0 atom stereocenters. The fraction of sp³-hybridized carbons (Fsp3) is 0.235. The molecule has 0 amide bonds. The second kappa shape index (κ2) is 6.33. The number of ketones is 1. The lowest BCUT2D eigenvalue weighted by atomic mass is 10.1. The minimum atomic E-state index is -0.355. The van der Waals surface area contributed by atoms with E-state index in [4.69, 9.17) is 4.74 Å². The molecule has 0 aliphatic carbocycles. The summed E-state index contributed by atoms with van der Waals surface area (Å²) in [5.74, 6) is 0.162. The van der Waals surface area contributed by atoms with Crippen molar-refractivity contribution in [3.63, 3.8) is 0 Å². The zero-order valence-corrected chi connectivity index (χ0v) is 11.7. The molecule has 2 aromatic carbocycles. The fourth-order valence-corrected chi connectivity index (χ4v) is 1.87. The zero-order chi connectivity index (χ0) is 14.5. The molecule has 3 heteroatoms. The van der Waals surface area contributed by atoms with Crippen molar-refractivity contribution >= 4 is 5.78 Å². The standard InChI is InChI=1S/C17H17FO2/c1-12-7-8-16(9-13(12)2)20-11-15(19)10-14-5-3-4-6-17(14)18/h3-9H,10-11H2,1-2H3. The van der Waals surface area contributed by atoms with Gasteiger partial charge in [-0.15, -0.1) is 0 Å². The minimum Gasteiger partial charge on any atom is -0.486 e. The van der Waals surface area contributed by atoms with Crippen LogP contribution in [0.1, 0.15) is 16.7 Å². The first-order valence-corrected chi connectivity index (χ1v) is 6.51. The number of hydrogen-bond acceptors (Lipinski definition) is 2. The summed E-state index contributed by atoms with van der Waals surface area (Å²) in [6.45, 7) is 3.96. The van der Waals surface area contributed by atoms with Gasteiger partial charge in [-0.25, -0.2) is 4.39 Å². The molecular formula is C17H17FO2. The predicted molar refractivity (Wildman–Crippen MR) is 76.5 cm³/mol. The second-order valence-electron chi connectivity index (χ2n) is 4.84. The first-order chi connectivity index (χ1) is 9.56. The van der Waals surface area contributed by atoms with Gasteiger partial charge in [0, 0.05) is 6.42 Å². The molecule has 0 aromatic heterocycles. The quantitative estimate of drug-likeness (QED) is 0.830. The summed E-state index contributed by atoms with van der Waals surface area (Å²) in [5.41, 5.74) is 2.69. The Morgan fingerprint density at radius 2 is 1.85 bits per heavy atom. The van der Waals surface area contributed by atoms with Crippen molar-refractivity contribution < 1.29 is 13.9 Å². The van der Waals surface area contributed by atoms with Gasteiger partial charge >= 0.3 is 0 Å². The smallest absolute Gasteiger partial charge is 0.174 e. The number of rotatable bonds is 5. The van der Waals surface area contributed by atoms with E-state index in [0.717, 1.165) is 5.56 Å². The molecule has 2 aromatic rings. The van der Waals surface area contributed by atoms with Gasteiger partial charge in [-0.3, -0.25) is 4.79 Å². The number of Topliss-reactive ketones (excluding diaryl/α,β-unsaturated/α-hetero) is 1. The minimum absolute atomic E-state index is 0.0448. The van der Waals surface area contributed by atoms with E-state index in [9.17, 15) is 9.18 Å². The van der Waals surface area contributed by atoms with Crippen molar-refractivity contribution in [2.45, 2.75) is 20.3 Å². The van der Waals surface area contributed by atoms with E-state index in [0.29, 0.717) is 11.3 Å². The van der Waals surface area contributed by atoms with E-state index in [-0.39, 0.29) is 24.6 Å². The Labute approximate surface area is 118 Å². The van der Waals surface area contributed by atoms with Crippen LogP contribution >= 0.6 is 0 Å². The molecule has 0 saturated carbocycles. The summed E-state index contributed by atoms with van der Waals surface area (Å²) in [6.07, 6.45) is 0.0531. The molecule has 20 heavy (non-hydrogen) atoms. The van der Waals surface area contributed by atoms with E-state index in [1.54, 1.807) is 18.2 Å². The molecule has 0 N–H and O–H groups in total. The maximum atomic E-state index is 13.4. The predicted octanol–water partition coefficient (Wildman–Crippen LogP) is 3.63. The van der Waals surface area contributed by atoms with Crippen molar-refractivity contribution in [2.24, 2.45) is 0 Å². The molecular weight excluding hydrogens is 255 g/mol. The number of carbonyl (C=O) groups excluding carboxylic acids is 1. The Hall–Kier alpha value is -2.16. The van der Waals surface area contributed by atoms with Crippen molar-refractivity contribution in [2.75, 3.05) is 6.61 Å². The van der Waals surface area contributed by atoms with Gasteiger partial charge in [0.05, 0.1) is 0 Å². The Kier molecular flexibility index (Phi) is 4.51. The number of hydrogen-bond donors (Lipinski definition) is 0. The van der Waals surface area contributed by atoms with Crippen LogP contribution in [0.2, 0.25) is 0 Å². The number of ether oxygens (including phenoxy) is 1. The molecule has 0 aliphatic rings. The first kappa shape index (κ1) is 14.3. The lowest BCUT2D eigenvalue weighted by molar-refractivity contribution is -0.120. The van der Waals surface area contributed by atoms with Crippen LogP contribution < -0.4 is 4.74 Å². The van der Waals surface area contributed by atoms with Gasteiger partial charge in [0.2, 0.25) is 0 Å². The van der Waals surface area contributed by atoms with Gasteiger partial charge in [0.25, 0.3) is 0 Å². The maximum absolute atomic E-state index is 13.4. The summed E-state index contributed by atoms with van der Waals surface area (Å²) in [7, 11) is 0. The summed E-state index contributed by atoms with van der Waals surface area (Å²) < 4.78 is 18.9. The summed E-state index contributed by atoms with van der Waals surface area (Å²) >= 11 is 0. The second-order valence-corrected chi connectivity index (χ2v) is 4.84. The topological polar surface area (TPSA) is 26.3 Å². The monoisotopic (exact) mass is 272 g/mol. The third-order valence-corrected chi connectivity index (χ3v) is 3.22. The van der Waals surface area contributed by atoms with Crippen molar-refractivity contribution in [1.29, 1.82) is 0 Å². The average Bonchev–Trinajstić information content (AvgIpc) is 2.43. The van der Waals surface area contributed by atoms with Gasteiger partial charge in [-0.05, 0) is 48.7 Å². The SMILES string of the molecule is Cc1ccc(OCC(=O)Cc2ccccc2F)cc1C. The Bertz CT molecular complexity index is 620. The Morgan fingerprint density at radius 1 is 1.10 bits per heavy atom. The van der Waals surface area contributed by atoms with Crippen LogP contribution in [-0.2, 0) is 11.2 Å². The highest BCUT2D eigenvalue weighted by molar-refractivity contribution is 5.82. The molecule has 0 spiro atoms. The van der Waals surface area contributed by atoms with Gasteiger partial charge < -0.3 is 4.74 Å². The van der Waals surface area contributed by atoms with E-state index in [2.05, 4.69) is 0 Å². The molecule has 0 heterocycles. The van der Waals surface area contributed by atoms with Crippen molar-refractivity contribution in [1.82, 2.24) is 0 Å². The summed E-state index contributed by atoms with van der Waals surface area (Å²) in [5, 5.41) is 0. The number of benzene rings is 2. The summed E-state index contributed by atoms with van der Waals surface area (Å²) in [4.78, 5) is 11.8. The lowest BCUT2D eigenvalue weighted by Gasteiger charge is -2.08. The third-order valence-electron chi connectivity index (χ3n) is 3.22. The maximum Gasteiger partial charge on any atom is 0.174 e. The largest absolute Gasteiger partial charge is 0.486 e. The average molecular weight is 272 g/mol. The van der Waals surface area contributed by atoms with E-state index in [1.807, 2.05) is 32.0 Å². The van der Waals surface area contributed by atoms with Gasteiger partial charge in [-0.1, -0.05) is 24.3 Å². The number of halogens is 1. The molecule has 0 bridgehead atoms. The van der Waals surface area contributed by atoms with Gasteiger partial charge in [-0.2, -0.15) is 0 Å². The highest BCUT2D eigenvalue weighted by atomic mass is 19.1. The zero-order valence-electron chi connectivity index (χ0n) is 11.7. The van der Waals surface area contributed by atoms with E-state index >= 15 is 0 Å². The molecule has 0 fully saturated rings. The van der Waals surface area contributed by atoms with Crippen LogP contribution in [0.3, 0.4) is 0 Å². The highest BCUT2D eigenvalue weighted by Gasteiger charge is 2.08. The Balaban J connectivity index is 1.92. The van der Waals surface area contributed by atoms with Gasteiger partial charge in [0.15, 0.2) is 5.78 Å². The van der Waals surface area contributed by atoms with Crippen LogP contribution in [0.4, 0.5) is 4.39 Å². The fourth-order valence-electron chi connectivity index (χ4n) is 1.87. The summed E-state index contributed by atoms with van der Waals surface area (Å²) in [6, 6.07) is 12.0.